The lowest BCUT2D eigenvalue weighted by molar-refractivity contribution is 1.03. The van der Waals surface area contributed by atoms with Crippen molar-refractivity contribution in [1.29, 1.82) is 0 Å². The fraction of sp³-hybridized carbons (Fsp3) is 0.222. The monoisotopic (exact) mass is 225 g/mol. The lowest BCUT2D eigenvalue weighted by atomic mass is 10.3. The van der Waals surface area contributed by atoms with Gasteiger partial charge in [-0.05, 0) is 18.5 Å². The van der Waals surface area contributed by atoms with Crippen molar-refractivity contribution in [3.63, 3.8) is 0 Å². The number of nitrogens with two attached hydrogens (primary N) is 1. The van der Waals surface area contributed by atoms with Crippen LogP contribution in [-0.2, 0) is 0 Å². The summed E-state index contributed by atoms with van der Waals surface area (Å²) in [7, 11) is 0. The molecule has 0 aliphatic carbocycles. The van der Waals surface area contributed by atoms with E-state index in [1.165, 1.54) is 0 Å². The molecule has 1 aromatic rings. The number of hydrogen-bond donors (Lipinski definition) is 2. The molecule has 0 fully saturated rings. The highest BCUT2D eigenvalue weighted by Gasteiger charge is 2.01. The summed E-state index contributed by atoms with van der Waals surface area (Å²) in [5.41, 5.74) is 6.50. The van der Waals surface area contributed by atoms with Crippen LogP contribution in [0.1, 0.15) is 6.92 Å². The van der Waals surface area contributed by atoms with Crippen LogP contribution in [0.15, 0.2) is 24.3 Å². The first-order valence-corrected chi connectivity index (χ1v) is 4.68. The largest absolute Gasteiger partial charge is 0.368 e. The van der Waals surface area contributed by atoms with Gasteiger partial charge in [0.05, 0.1) is 0 Å². The highest BCUT2D eigenvalue weighted by atomic mass is 35.5. The second kappa shape index (κ2) is 5.31. The Morgan fingerprint density at radius 2 is 2.27 bits per heavy atom. The first-order valence-electron chi connectivity index (χ1n) is 4.31. The minimum Gasteiger partial charge on any atom is -0.368 e. The maximum Gasteiger partial charge on any atom is 0.229 e. The highest BCUT2D eigenvalue weighted by molar-refractivity contribution is 6.28. The molecule has 0 aliphatic heterocycles. The molecule has 5 nitrogen and oxygen atoms in total. The predicted molar refractivity (Wildman–Crippen MR) is 61.7 cm³/mol. The Morgan fingerprint density at radius 1 is 1.53 bits per heavy atom. The van der Waals surface area contributed by atoms with Crippen molar-refractivity contribution >= 4 is 23.5 Å². The van der Waals surface area contributed by atoms with E-state index in [0.29, 0.717) is 12.5 Å². The van der Waals surface area contributed by atoms with E-state index >= 15 is 0 Å². The zero-order valence-electron chi connectivity index (χ0n) is 8.37. The van der Waals surface area contributed by atoms with E-state index in [2.05, 4.69) is 26.8 Å². The SMILES string of the molecule is C=C/C=C(\C)CNc1nc(N)nc(Cl)n1. The van der Waals surface area contributed by atoms with Crippen LogP contribution < -0.4 is 11.1 Å². The van der Waals surface area contributed by atoms with Crippen LogP contribution in [0.2, 0.25) is 5.28 Å². The topological polar surface area (TPSA) is 76.7 Å². The van der Waals surface area contributed by atoms with Crippen molar-refractivity contribution in [2.24, 2.45) is 0 Å². The average Bonchev–Trinajstić information content (AvgIpc) is 2.14. The van der Waals surface area contributed by atoms with Crippen LogP contribution in [0.3, 0.4) is 0 Å². The van der Waals surface area contributed by atoms with Crippen LogP contribution >= 0.6 is 11.6 Å². The molecule has 0 spiro atoms. The second-order valence-electron chi connectivity index (χ2n) is 2.89. The lowest BCUT2D eigenvalue weighted by Gasteiger charge is -2.04. The number of hydrogen-bond acceptors (Lipinski definition) is 5. The van der Waals surface area contributed by atoms with Gasteiger partial charge in [-0.25, -0.2) is 0 Å². The van der Waals surface area contributed by atoms with Crippen LogP contribution in [0, 0.1) is 0 Å². The molecular weight excluding hydrogens is 214 g/mol. The molecule has 0 radical (unpaired) electrons. The van der Waals surface area contributed by atoms with Crippen molar-refractivity contribution in [1.82, 2.24) is 15.0 Å². The number of anilines is 2. The number of nitrogens with zero attached hydrogens (tertiary/aromatic N) is 3. The third-order valence-electron chi connectivity index (χ3n) is 1.55. The smallest absolute Gasteiger partial charge is 0.229 e. The predicted octanol–water partition coefficient (Wildman–Crippen LogP) is 1.65. The van der Waals surface area contributed by atoms with Gasteiger partial charge in [-0.3, -0.25) is 0 Å². The Bertz CT molecular complexity index is 368. The van der Waals surface area contributed by atoms with E-state index < -0.39 is 0 Å². The quantitative estimate of drug-likeness (QED) is 0.762. The zero-order chi connectivity index (χ0) is 11.3. The Balaban J connectivity index is 2.65. The number of rotatable bonds is 4. The van der Waals surface area contributed by atoms with Crippen LogP contribution in [0.4, 0.5) is 11.9 Å². The minimum absolute atomic E-state index is 0.0790. The number of aromatic nitrogens is 3. The average molecular weight is 226 g/mol. The molecule has 0 unspecified atom stereocenters. The first kappa shape index (κ1) is 11.5. The van der Waals surface area contributed by atoms with Gasteiger partial charge in [0.25, 0.3) is 0 Å². The fourth-order valence-corrected chi connectivity index (χ4v) is 1.09. The van der Waals surface area contributed by atoms with Crippen molar-refractivity contribution in [2.45, 2.75) is 6.92 Å². The number of allylic oxidation sites excluding steroid dienone is 2. The Labute approximate surface area is 93.1 Å². The van der Waals surface area contributed by atoms with Gasteiger partial charge in [0, 0.05) is 6.54 Å². The second-order valence-corrected chi connectivity index (χ2v) is 3.23. The summed E-state index contributed by atoms with van der Waals surface area (Å²) in [6.07, 6.45) is 3.60. The van der Waals surface area contributed by atoms with Crippen molar-refractivity contribution in [3.05, 3.63) is 29.6 Å². The summed E-state index contributed by atoms with van der Waals surface area (Å²) < 4.78 is 0. The van der Waals surface area contributed by atoms with Gasteiger partial charge in [0.2, 0.25) is 17.2 Å². The molecular formula is C9H12ClN5. The maximum atomic E-state index is 5.61. The standard InChI is InChI=1S/C9H12ClN5/c1-3-4-6(2)5-12-9-14-7(10)13-8(11)15-9/h3-4H,1,5H2,2H3,(H3,11,12,13,14,15)/b6-4+. The number of nitrogens with one attached hydrogen (secondary N) is 1. The van der Waals surface area contributed by atoms with Gasteiger partial charge in [0.15, 0.2) is 0 Å². The molecule has 0 aromatic carbocycles. The van der Waals surface area contributed by atoms with Crippen LogP contribution in [0.25, 0.3) is 0 Å². The van der Waals surface area contributed by atoms with E-state index in [9.17, 15) is 0 Å². The molecule has 0 atom stereocenters. The molecule has 0 saturated heterocycles. The third kappa shape index (κ3) is 3.95. The van der Waals surface area contributed by atoms with E-state index in [0.717, 1.165) is 5.57 Å². The first-order chi connectivity index (χ1) is 7.11. The van der Waals surface area contributed by atoms with E-state index in [1.54, 1.807) is 6.08 Å². The molecule has 0 amide bonds. The fourth-order valence-electron chi connectivity index (χ4n) is 0.923. The molecule has 0 aliphatic rings. The minimum atomic E-state index is 0.0790. The molecule has 0 bridgehead atoms. The summed E-state index contributed by atoms with van der Waals surface area (Å²) in [4.78, 5) is 11.4. The Kier molecular flexibility index (Phi) is 4.05. The van der Waals surface area contributed by atoms with Gasteiger partial charge in [-0.1, -0.05) is 24.3 Å². The van der Waals surface area contributed by atoms with Crippen molar-refractivity contribution in [3.8, 4) is 0 Å². The highest BCUT2D eigenvalue weighted by Crippen LogP contribution is 2.07. The van der Waals surface area contributed by atoms with E-state index in [4.69, 9.17) is 17.3 Å². The van der Waals surface area contributed by atoms with Gasteiger partial charge in [-0.15, -0.1) is 0 Å². The molecule has 1 aromatic heterocycles. The molecule has 6 heteroatoms. The summed E-state index contributed by atoms with van der Waals surface area (Å²) in [6, 6.07) is 0. The van der Waals surface area contributed by atoms with Crippen LogP contribution in [0.5, 0.6) is 0 Å². The Morgan fingerprint density at radius 3 is 2.87 bits per heavy atom. The van der Waals surface area contributed by atoms with Gasteiger partial charge in [0.1, 0.15) is 0 Å². The number of nitrogen functional groups attached to an aromatic ring is 1. The summed E-state index contributed by atoms with van der Waals surface area (Å²) >= 11 is 5.61. The molecule has 15 heavy (non-hydrogen) atoms. The van der Waals surface area contributed by atoms with E-state index in [-0.39, 0.29) is 11.2 Å². The molecule has 80 valence electrons. The third-order valence-corrected chi connectivity index (χ3v) is 1.72. The van der Waals surface area contributed by atoms with Gasteiger partial charge < -0.3 is 11.1 Å². The Hall–Kier alpha value is -1.62. The molecule has 1 rings (SSSR count). The summed E-state index contributed by atoms with van der Waals surface area (Å²) in [5.74, 6) is 0.465. The zero-order valence-corrected chi connectivity index (χ0v) is 9.12. The van der Waals surface area contributed by atoms with Crippen molar-refractivity contribution in [2.75, 3.05) is 17.6 Å². The summed E-state index contributed by atoms with van der Waals surface area (Å²) in [6.45, 7) is 6.16. The maximum absolute atomic E-state index is 5.61. The molecule has 1 heterocycles. The van der Waals surface area contributed by atoms with E-state index in [1.807, 2.05) is 13.0 Å². The molecule has 3 N–H and O–H groups in total. The molecule has 0 saturated carbocycles. The van der Waals surface area contributed by atoms with Crippen molar-refractivity contribution < 1.29 is 0 Å². The lowest BCUT2D eigenvalue weighted by Crippen LogP contribution is -2.09. The number of halogens is 1. The normalized spacial score (nSPS) is 11.2. The van der Waals surface area contributed by atoms with Crippen LogP contribution in [-0.4, -0.2) is 21.5 Å². The summed E-state index contributed by atoms with van der Waals surface area (Å²) in [5, 5.41) is 3.05. The van der Waals surface area contributed by atoms with Gasteiger partial charge >= 0.3 is 0 Å². The van der Waals surface area contributed by atoms with Gasteiger partial charge in [-0.2, -0.15) is 15.0 Å².